The van der Waals surface area contributed by atoms with Gasteiger partial charge in [0.15, 0.2) is 5.13 Å². The minimum atomic E-state index is -2.33. The summed E-state index contributed by atoms with van der Waals surface area (Å²) in [6, 6.07) is 0.200. The molecule has 1 aromatic heterocycles. The zero-order valence-corrected chi connectivity index (χ0v) is 10.7. The predicted molar refractivity (Wildman–Crippen MR) is 63.6 cm³/mol. The molecule has 0 saturated carbocycles. The highest BCUT2D eigenvalue weighted by molar-refractivity contribution is 7.15. The van der Waals surface area contributed by atoms with Crippen LogP contribution >= 0.6 is 11.3 Å². The second-order valence-corrected chi connectivity index (χ2v) is 4.74. The van der Waals surface area contributed by atoms with Crippen molar-refractivity contribution in [1.29, 1.82) is 0 Å². The molecular formula is C10H17F2N3S. The zero-order valence-electron chi connectivity index (χ0n) is 9.92. The molecule has 0 aliphatic rings. The van der Waals surface area contributed by atoms with Crippen molar-refractivity contribution < 1.29 is 8.78 Å². The van der Waals surface area contributed by atoms with E-state index in [9.17, 15) is 8.78 Å². The number of anilines is 1. The van der Waals surface area contributed by atoms with E-state index in [1.807, 2.05) is 20.9 Å². The van der Waals surface area contributed by atoms with Crippen LogP contribution in [0.2, 0.25) is 0 Å². The fraction of sp³-hybridized carbons (Fsp3) is 0.700. The van der Waals surface area contributed by atoms with Crippen LogP contribution in [0.4, 0.5) is 13.9 Å². The Morgan fingerprint density at radius 2 is 2.12 bits per heavy atom. The molecule has 0 amide bonds. The molecule has 0 fully saturated rings. The van der Waals surface area contributed by atoms with Gasteiger partial charge in [-0.15, -0.1) is 11.3 Å². The van der Waals surface area contributed by atoms with Crippen LogP contribution in [0.1, 0.15) is 23.5 Å². The third-order valence-corrected chi connectivity index (χ3v) is 3.84. The fourth-order valence-corrected chi connectivity index (χ4v) is 2.47. The van der Waals surface area contributed by atoms with E-state index in [0.29, 0.717) is 5.13 Å². The lowest BCUT2D eigenvalue weighted by Gasteiger charge is -2.14. The van der Waals surface area contributed by atoms with E-state index in [2.05, 4.69) is 10.3 Å². The Balaban J connectivity index is 2.83. The van der Waals surface area contributed by atoms with Gasteiger partial charge < -0.3 is 10.2 Å². The second-order valence-electron chi connectivity index (χ2n) is 3.73. The van der Waals surface area contributed by atoms with E-state index >= 15 is 0 Å². The summed E-state index contributed by atoms with van der Waals surface area (Å²) in [6.45, 7) is 3.65. The zero-order chi connectivity index (χ0) is 12.3. The van der Waals surface area contributed by atoms with E-state index in [1.165, 1.54) is 16.2 Å². The number of rotatable bonds is 5. The van der Waals surface area contributed by atoms with Gasteiger partial charge in [0.1, 0.15) is 0 Å². The van der Waals surface area contributed by atoms with Crippen LogP contribution in [0.3, 0.4) is 0 Å². The monoisotopic (exact) mass is 249 g/mol. The number of alkyl halides is 2. The number of aromatic nitrogens is 1. The Hall–Kier alpha value is -0.750. The first kappa shape index (κ1) is 13.3. The molecule has 0 aliphatic carbocycles. The first-order chi connectivity index (χ1) is 7.45. The van der Waals surface area contributed by atoms with Crippen molar-refractivity contribution in [2.24, 2.45) is 0 Å². The molecule has 1 heterocycles. The lowest BCUT2D eigenvalue weighted by atomic mass is 10.2. The van der Waals surface area contributed by atoms with Crippen LogP contribution in [0.15, 0.2) is 0 Å². The maximum atomic E-state index is 12.2. The molecule has 0 bridgehead atoms. The van der Waals surface area contributed by atoms with Gasteiger partial charge in [-0.25, -0.2) is 13.8 Å². The van der Waals surface area contributed by atoms with E-state index in [4.69, 9.17) is 0 Å². The Morgan fingerprint density at radius 3 is 2.62 bits per heavy atom. The van der Waals surface area contributed by atoms with Gasteiger partial charge in [-0.1, -0.05) is 0 Å². The summed E-state index contributed by atoms with van der Waals surface area (Å²) in [5.41, 5.74) is 0.906. The van der Waals surface area contributed by atoms with Gasteiger partial charge >= 0.3 is 0 Å². The normalized spacial score (nSPS) is 13.2. The molecule has 1 rings (SSSR count). The summed E-state index contributed by atoms with van der Waals surface area (Å²) in [5.74, 6) is 0. The van der Waals surface area contributed by atoms with Crippen molar-refractivity contribution in [3.8, 4) is 0 Å². The molecule has 0 saturated heterocycles. The maximum absolute atomic E-state index is 12.2. The molecule has 0 aromatic carbocycles. The molecule has 6 heteroatoms. The first-order valence-electron chi connectivity index (χ1n) is 5.09. The highest BCUT2D eigenvalue weighted by Crippen LogP contribution is 2.30. The molecule has 1 atom stereocenters. The molecule has 0 radical (unpaired) electrons. The topological polar surface area (TPSA) is 28.2 Å². The van der Waals surface area contributed by atoms with Crippen LogP contribution in [-0.4, -0.2) is 32.0 Å². The average molecular weight is 249 g/mol. The number of hydrogen-bond donors (Lipinski definition) is 1. The van der Waals surface area contributed by atoms with Crippen molar-refractivity contribution in [2.75, 3.05) is 25.5 Å². The maximum Gasteiger partial charge on any atom is 0.255 e. The smallest absolute Gasteiger partial charge is 0.255 e. The van der Waals surface area contributed by atoms with Crippen molar-refractivity contribution in [3.05, 3.63) is 10.6 Å². The van der Waals surface area contributed by atoms with Gasteiger partial charge in [-0.2, -0.15) is 0 Å². The minimum Gasteiger partial charge on any atom is -0.345 e. The lowest BCUT2D eigenvalue weighted by molar-refractivity contribution is 0.156. The van der Waals surface area contributed by atoms with Crippen LogP contribution < -0.4 is 10.2 Å². The Labute approximate surface area is 98.5 Å². The number of nitrogens with zero attached hydrogens (tertiary/aromatic N) is 2. The SMILES string of the molecule is CNC(C)c1sc(N(C)CC(F)F)nc1C. The fourth-order valence-electron chi connectivity index (χ4n) is 1.37. The quantitative estimate of drug-likeness (QED) is 0.868. The van der Waals surface area contributed by atoms with Crippen molar-refractivity contribution in [2.45, 2.75) is 26.3 Å². The third kappa shape index (κ3) is 3.12. The molecule has 0 aliphatic heterocycles. The molecular weight excluding hydrogens is 232 g/mol. The third-order valence-electron chi connectivity index (χ3n) is 2.39. The molecule has 1 N–H and O–H groups in total. The number of aryl methyl sites for hydroxylation is 1. The van der Waals surface area contributed by atoms with Gasteiger partial charge in [-0.3, -0.25) is 0 Å². The highest BCUT2D eigenvalue weighted by atomic mass is 32.1. The Kier molecular flexibility index (Phi) is 4.61. The molecule has 16 heavy (non-hydrogen) atoms. The van der Waals surface area contributed by atoms with Gasteiger partial charge in [0.2, 0.25) is 0 Å². The van der Waals surface area contributed by atoms with Crippen molar-refractivity contribution in [3.63, 3.8) is 0 Å². The molecule has 0 spiro atoms. The van der Waals surface area contributed by atoms with Crippen molar-refractivity contribution >= 4 is 16.5 Å². The van der Waals surface area contributed by atoms with E-state index in [1.54, 1.807) is 7.05 Å². The van der Waals surface area contributed by atoms with Gasteiger partial charge in [0, 0.05) is 18.0 Å². The Bertz CT molecular complexity index is 341. The van der Waals surface area contributed by atoms with Crippen molar-refractivity contribution in [1.82, 2.24) is 10.3 Å². The standard InChI is InChI=1S/C10H17F2N3S/c1-6(13-3)9-7(2)14-10(16-9)15(4)5-8(11)12/h6,8,13H,5H2,1-4H3. The number of halogens is 2. The van der Waals surface area contributed by atoms with Gasteiger partial charge in [0.25, 0.3) is 6.43 Å². The summed E-state index contributed by atoms with van der Waals surface area (Å²) in [4.78, 5) is 6.89. The number of nitrogens with one attached hydrogen (secondary N) is 1. The molecule has 3 nitrogen and oxygen atoms in total. The van der Waals surface area contributed by atoms with E-state index < -0.39 is 6.43 Å². The summed E-state index contributed by atoms with van der Waals surface area (Å²) >= 11 is 1.46. The average Bonchev–Trinajstić information content (AvgIpc) is 2.58. The summed E-state index contributed by atoms with van der Waals surface area (Å²) in [6.07, 6.45) is -2.33. The minimum absolute atomic E-state index is 0.200. The molecule has 1 aromatic rings. The van der Waals surface area contributed by atoms with Crippen LogP contribution in [0.5, 0.6) is 0 Å². The molecule has 92 valence electrons. The Morgan fingerprint density at radius 1 is 1.50 bits per heavy atom. The lowest BCUT2D eigenvalue weighted by Crippen LogP contribution is -2.23. The van der Waals surface area contributed by atoms with Crippen LogP contribution in [-0.2, 0) is 0 Å². The largest absolute Gasteiger partial charge is 0.345 e. The molecule has 1 unspecified atom stereocenters. The predicted octanol–water partition coefficient (Wildman–Crippen LogP) is 2.43. The highest BCUT2D eigenvalue weighted by Gasteiger charge is 2.17. The second kappa shape index (κ2) is 5.54. The summed E-state index contributed by atoms with van der Waals surface area (Å²) < 4.78 is 24.5. The number of thiazole rings is 1. The van der Waals surface area contributed by atoms with E-state index in [-0.39, 0.29) is 12.6 Å². The summed E-state index contributed by atoms with van der Waals surface area (Å²) in [7, 11) is 3.50. The first-order valence-corrected chi connectivity index (χ1v) is 5.91. The van der Waals surface area contributed by atoms with Crippen LogP contribution in [0, 0.1) is 6.92 Å². The number of hydrogen-bond acceptors (Lipinski definition) is 4. The van der Waals surface area contributed by atoms with E-state index in [0.717, 1.165) is 10.6 Å². The van der Waals surface area contributed by atoms with Gasteiger partial charge in [0.05, 0.1) is 12.2 Å². The van der Waals surface area contributed by atoms with Crippen LogP contribution in [0.25, 0.3) is 0 Å². The summed E-state index contributed by atoms with van der Waals surface area (Å²) in [5, 5.41) is 3.77. The van der Waals surface area contributed by atoms with Gasteiger partial charge in [-0.05, 0) is 20.9 Å².